The van der Waals surface area contributed by atoms with E-state index in [0.717, 1.165) is 24.3 Å². The lowest BCUT2D eigenvalue weighted by atomic mass is 9.98. The normalized spacial score (nSPS) is 12.8. The molecule has 0 spiro atoms. The Hall–Kier alpha value is -4.24. The summed E-state index contributed by atoms with van der Waals surface area (Å²) in [5.74, 6) is -3.39. The Morgan fingerprint density at radius 3 is 2.26 bits per heavy atom. The zero-order valence-corrected chi connectivity index (χ0v) is 28.0. The Balaban J connectivity index is 1.67. The molecule has 1 atom stereocenters. The third-order valence-corrected chi connectivity index (χ3v) is 9.09. The molecule has 10 nitrogen and oxygen atoms in total. The predicted molar refractivity (Wildman–Crippen MR) is 172 cm³/mol. The highest BCUT2D eigenvalue weighted by Crippen LogP contribution is 2.42. The molecule has 2 aromatic carbocycles. The van der Waals surface area contributed by atoms with E-state index in [9.17, 15) is 22.0 Å². The van der Waals surface area contributed by atoms with Crippen molar-refractivity contribution >= 4 is 39.1 Å². The molecule has 0 aliphatic heterocycles. The quantitative estimate of drug-likeness (QED) is 0.171. The molecule has 2 aromatic heterocycles. The van der Waals surface area contributed by atoms with Gasteiger partial charge in [-0.3, -0.25) is 4.72 Å². The third kappa shape index (κ3) is 8.31. The SMILES string of the molecule is C[C@@H](CNc1nccc(-c2sc(C(C)(C)C)nc2-c2cccc(NS(=O)(=O)c3c(F)cccc3F)c2F)n1)NC(=O)OC(C)(C)C. The molecule has 46 heavy (non-hydrogen) atoms. The maximum Gasteiger partial charge on any atom is 0.407 e. The van der Waals surface area contributed by atoms with Crippen LogP contribution < -0.4 is 15.4 Å². The van der Waals surface area contributed by atoms with E-state index in [1.807, 2.05) is 25.5 Å². The summed E-state index contributed by atoms with van der Waals surface area (Å²) in [6.45, 7) is 13.2. The molecular formula is C31H35F3N6O4S2. The van der Waals surface area contributed by atoms with E-state index < -0.39 is 55.2 Å². The molecule has 4 rings (SSSR count). The van der Waals surface area contributed by atoms with Crippen molar-refractivity contribution in [1.82, 2.24) is 20.3 Å². The van der Waals surface area contributed by atoms with Crippen LogP contribution >= 0.6 is 11.3 Å². The number of nitrogens with zero attached hydrogens (tertiary/aromatic N) is 3. The number of carbonyl (C=O) groups excluding carboxylic acids is 1. The molecule has 0 saturated carbocycles. The first-order chi connectivity index (χ1) is 21.4. The molecule has 4 aromatic rings. The Bertz CT molecular complexity index is 1830. The minimum absolute atomic E-state index is 0.0562. The summed E-state index contributed by atoms with van der Waals surface area (Å²) in [6, 6.07) is 7.87. The van der Waals surface area contributed by atoms with Crippen molar-refractivity contribution in [2.75, 3.05) is 16.6 Å². The largest absolute Gasteiger partial charge is 0.444 e. The fourth-order valence-corrected chi connectivity index (χ4v) is 6.41. The van der Waals surface area contributed by atoms with Crippen molar-refractivity contribution in [3.05, 3.63) is 71.1 Å². The number of hydrogen-bond acceptors (Lipinski definition) is 9. The second-order valence-electron chi connectivity index (χ2n) is 12.5. The van der Waals surface area contributed by atoms with Gasteiger partial charge in [0.25, 0.3) is 10.0 Å². The fourth-order valence-electron chi connectivity index (χ4n) is 4.10. The first kappa shape index (κ1) is 34.6. The number of aromatic nitrogens is 3. The van der Waals surface area contributed by atoms with Gasteiger partial charge < -0.3 is 15.4 Å². The van der Waals surface area contributed by atoms with Gasteiger partial charge in [0.05, 0.1) is 27.0 Å². The van der Waals surface area contributed by atoms with Gasteiger partial charge in [0.15, 0.2) is 10.7 Å². The molecule has 0 aliphatic rings. The average molecular weight is 677 g/mol. The summed E-state index contributed by atoms with van der Waals surface area (Å²) in [5.41, 5.74) is -1.06. The zero-order valence-electron chi connectivity index (χ0n) is 26.3. The number of benzene rings is 2. The van der Waals surface area contributed by atoms with E-state index in [0.29, 0.717) is 15.6 Å². The second-order valence-corrected chi connectivity index (χ2v) is 15.1. The van der Waals surface area contributed by atoms with Gasteiger partial charge in [0.1, 0.15) is 17.2 Å². The van der Waals surface area contributed by atoms with Crippen molar-refractivity contribution in [2.45, 2.75) is 70.4 Å². The predicted octanol–water partition coefficient (Wildman–Crippen LogP) is 7.11. The highest BCUT2D eigenvalue weighted by molar-refractivity contribution is 7.92. The standard InChI is InChI=1S/C31H35F3N6O4S2/c1-17(37-29(41)44-31(5,6)7)16-36-28-35-15-14-22(38-28)25-24(39-27(45-25)30(2,3)4)18-10-8-13-21(23(18)34)40-46(42,43)26-19(32)11-9-12-20(26)33/h8-15,17,40H,16H2,1-7H3,(H,37,41)(H,35,36,38)/t17-/m0/s1. The van der Waals surface area contributed by atoms with E-state index in [-0.39, 0.29) is 29.8 Å². The van der Waals surface area contributed by atoms with Gasteiger partial charge in [-0.2, -0.15) is 0 Å². The monoisotopic (exact) mass is 676 g/mol. The lowest BCUT2D eigenvalue weighted by molar-refractivity contribution is 0.0511. The first-order valence-corrected chi connectivity index (χ1v) is 16.5. The van der Waals surface area contributed by atoms with Crippen molar-refractivity contribution in [3.8, 4) is 21.8 Å². The molecule has 3 N–H and O–H groups in total. The van der Waals surface area contributed by atoms with Crippen LogP contribution in [0.3, 0.4) is 0 Å². The number of ether oxygens (including phenoxy) is 1. The van der Waals surface area contributed by atoms with Crippen LogP contribution in [0.25, 0.3) is 21.8 Å². The smallest absolute Gasteiger partial charge is 0.407 e. The molecule has 0 saturated heterocycles. The summed E-state index contributed by atoms with van der Waals surface area (Å²) in [7, 11) is -4.83. The molecule has 0 bridgehead atoms. The number of hydrogen-bond donors (Lipinski definition) is 3. The van der Waals surface area contributed by atoms with Gasteiger partial charge in [0, 0.05) is 29.8 Å². The highest BCUT2D eigenvalue weighted by Gasteiger charge is 2.29. The molecule has 246 valence electrons. The van der Waals surface area contributed by atoms with Crippen LogP contribution in [-0.2, 0) is 20.2 Å². The lowest BCUT2D eigenvalue weighted by Gasteiger charge is -2.22. The molecule has 15 heteroatoms. The molecule has 0 unspecified atom stereocenters. The number of carbonyl (C=O) groups is 1. The van der Waals surface area contributed by atoms with Crippen LogP contribution in [0.1, 0.15) is 53.5 Å². The van der Waals surface area contributed by atoms with E-state index in [1.54, 1.807) is 33.8 Å². The average Bonchev–Trinajstić information content (AvgIpc) is 3.38. The van der Waals surface area contributed by atoms with Crippen molar-refractivity contribution in [3.63, 3.8) is 0 Å². The fraction of sp³-hybridized carbons (Fsp3) is 0.355. The Morgan fingerprint density at radius 1 is 0.978 bits per heavy atom. The van der Waals surface area contributed by atoms with E-state index >= 15 is 4.39 Å². The van der Waals surface area contributed by atoms with Crippen molar-refractivity contribution in [2.24, 2.45) is 0 Å². The van der Waals surface area contributed by atoms with E-state index in [4.69, 9.17) is 9.72 Å². The van der Waals surface area contributed by atoms with Gasteiger partial charge in [-0.25, -0.2) is 41.3 Å². The minimum Gasteiger partial charge on any atom is -0.444 e. The van der Waals surface area contributed by atoms with Crippen molar-refractivity contribution < 1.29 is 31.1 Å². The van der Waals surface area contributed by atoms with E-state index in [1.165, 1.54) is 29.7 Å². The number of halogens is 3. The van der Waals surface area contributed by atoms with Crippen LogP contribution in [-0.4, -0.2) is 47.7 Å². The summed E-state index contributed by atoms with van der Waals surface area (Å²) in [4.78, 5) is 24.9. The molecule has 0 radical (unpaired) electrons. The number of nitrogens with one attached hydrogen (secondary N) is 3. The van der Waals surface area contributed by atoms with Crippen LogP contribution in [0.15, 0.2) is 53.6 Å². The Morgan fingerprint density at radius 2 is 1.63 bits per heavy atom. The van der Waals surface area contributed by atoms with Gasteiger partial charge in [-0.15, -0.1) is 11.3 Å². The number of rotatable bonds is 9. The van der Waals surface area contributed by atoms with Crippen LogP contribution in [0, 0.1) is 17.5 Å². The molecule has 1 amide bonds. The Labute approximate surface area is 269 Å². The van der Waals surface area contributed by atoms with Crippen LogP contribution in [0.2, 0.25) is 0 Å². The number of sulfonamides is 1. The molecule has 2 heterocycles. The van der Waals surface area contributed by atoms with Gasteiger partial charge >= 0.3 is 6.09 Å². The summed E-state index contributed by atoms with van der Waals surface area (Å²) in [6.07, 6.45) is 0.951. The van der Waals surface area contributed by atoms with Crippen molar-refractivity contribution in [1.29, 1.82) is 0 Å². The highest BCUT2D eigenvalue weighted by atomic mass is 32.2. The molecular weight excluding hydrogens is 642 g/mol. The van der Waals surface area contributed by atoms with Gasteiger partial charge in [-0.05, 0) is 58.0 Å². The van der Waals surface area contributed by atoms with Gasteiger partial charge in [0.2, 0.25) is 5.95 Å². The van der Waals surface area contributed by atoms with Crippen LogP contribution in [0.4, 0.5) is 29.6 Å². The molecule has 0 fully saturated rings. The third-order valence-electron chi connectivity index (χ3n) is 6.17. The summed E-state index contributed by atoms with van der Waals surface area (Å²) < 4.78 is 77.7. The minimum atomic E-state index is -4.83. The lowest BCUT2D eigenvalue weighted by Crippen LogP contribution is -2.41. The number of amides is 1. The molecule has 0 aliphatic carbocycles. The second kappa shape index (κ2) is 13.2. The summed E-state index contributed by atoms with van der Waals surface area (Å²) >= 11 is 1.28. The Kier molecular flexibility index (Phi) is 9.97. The number of thiazole rings is 1. The summed E-state index contributed by atoms with van der Waals surface area (Å²) in [5, 5.41) is 6.45. The first-order valence-electron chi connectivity index (χ1n) is 14.2. The zero-order chi connectivity index (χ0) is 34.0. The maximum absolute atomic E-state index is 16.1. The van der Waals surface area contributed by atoms with Gasteiger partial charge in [-0.1, -0.05) is 32.9 Å². The number of anilines is 2. The van der Waals surface area contributed by atoms with E-state index in [2.05, 4.69) is 20.6 Å². The van der Waals surface area contributed by atoms with Crippen LogP contribution in [0.5, 0.6) is 0 Å². The number of alkyl carbamates (subject to hydrolysis) is 1. The topological polar surface area (TPSA) is 135 Å². The maximum atomic E-state index is 16.1.